The molecule has 0 saturated carbocycles. The lowest BCUT2D eigenvalue weighted by molar-refractivity contribution is -0.139. The number of hydrogen-bond acceptors (Lipinski definition) is 7. The maximum absolute atomic E-state index is 12.7. The number of carboxylic acids is 1. The van der Waals surface area contributed by atoms with Gasteiger partial charge in [0.05, 0.1) is 12.2 Å². The number of para-hydroxylation sites is 1. The molecule has 1 aromatic heterocycles. The Bertz CT molecular complexity index is 1050. The van der Waals surface area contributed by atoms with Crippen molar-refractivity contribution in [2.24, 2.45) is 0 Å². The third-order valence-corrected chi connectivity index (χ3v) is 5.15. The van der Waals surface area contributed by atoms with Crippen LogP contribution in [0.2, 0.25) is 0 Å². The molecule has 0 radical (unpaired) electrons. The van der Waals surface area contributed by atoms with Crippen LogP contribution in [0.3, 0.4) is 0 Å². The van der Waals surface area contributed by atoms with Crippen LogP contribution in [0.25, 0.3) is 6.08 Å². The maximum atomic E-state index is 12.7. The number of amides is 1. The number of aryl methyl sites for hydroxylation is 1. The van der Waals surface area contributed by atoms with E-state index in [1.807, 2.05) is 13.0 Å². The van der Waals surface area contributed by atoms with Crippen LogP contribution in [0.1, 0.15) is 33.3 Å². The van der Waals surface area contributed by atoms with Gasteiger partial charge >= 0.3 is 11.9 Å². The normalized spacial score (nSPS) is 10.8. The molecule has 0 aliphatic carbocycles. The van der Waals surface area contributed by atoms with Gasteiger partial charge in [-0.1, -0.05) is 18.2 Å². The number of benzene rings is 1. The number of aliphatic carboxylic acids is 1. The lowest BCUT2D eigenvalue weighted by Gasteiger charge is -2.08. The Labute approximate surface area is 177 Å². The van der Waals surface area contributed by atoms with Crippen molar-refractivity contribution >= 4 is 40.3 Å². The molecule has 2 rings (SSSR count). The third kappa shape index (κ3) is 5.46. The first-order valence-corrected chi connectivity index (χ1v) is 9.74. The zero-order valence-corrected chi connectivity index (χ0v) is 17.5. The van der Waals surface area contributed by atoms with Crippen LogP contribution in [-0.2, 0) is 14.3 Å². The maximum Gasteiger partial charge on any atom is 0.341 e. The van der Waals surface area contributed by atoms with Gasteiger partial charge in [0, 0.05) is 10.4 Å². The summed E-state index contributed by atoms with van der Waals surface area (Å²) >= 11 is 1.21. The van der Waals surface area contributed by atoms with Crippen molar-refractivity contribution in [2.45, 2.75) is 20.8 Å². The lowest BCUT2D eigenvalue weighted by atomic mass is 10.1. The van der Waals surface area contributed by atoms with Crippen LogP contribution in [0.15, 0.2) is 29.8 Å². The first-order chi connectivity index (χ1) is 14.3. The Kier molecular flexibility index (Phi) is 7.72. The van der Waals surface area contributed by atoms with Gasteiger partial charge in [0.15, 0.2) is 6.61 Å². The van der Waals surface area contributed by atoms with Crippen LogP contribution >= 0.6 is 11.3 Å². The summed E-state index contributed by atoms with van der Waals surface area (Å²) in [6.45, 7) is 4.89. The summed E-state index contributed by atoms with van der Waals surface area (Å²) in [6.07, 6.45) is 1.30. The zero-order valence-electron chi connectivity index (χ0n) is 16.6. The Hall–Kier alpha value is -3.64. The van der Waals surface area contributed by atoms with Gasteiger partial charge < -0.3 is 19.9 Å². The van der Waals surface area contributed by atoms with Gasteiger partial charge in [0.25, 0.3) is 5.91 Å². The number of rotatable bonds is 8. The molecule has 0 unspecified atom stereocenters. The lowest BCUT2D eigenvalue weighted by Crippen LogP contribution is -2.16. The predicted molar refractivity (Wildman–Crippen MR) is 112 cm³/mol. The van der Waals surface area contributed by atoms with E-state index in [1.165, 1.54) is 23.5 Å². The summed E-state index contributed by atoms with van der Waals surface area (Å²) in [6, 6.07) is 8.25. The molecule has 0 aliphatic rings. The van der Waals surface area contributed by atoms with Crippen LogP contribution < -0.4 is 10.1 Å². The van der Waals surface area contributed by atoms with E-state index in [0.29, 0.717) is 16.1 Å². The van der Waals surface area contributed by atoms with Crippen LogP contribution in [-0.4, -0.2) is 36.2 Å². The number of nitrogens with zero attached hydrogens (tertiary/aromatic N) is 1. The van der Waals surface area contributed by atoms with Crippen molar-refractivity contribution in [3.8, 4) is 11.8 Å². The summed E-state index contributed by atoms with van der Waals surface area (Å²) in [4.78, 5) is 36.5. The molecule has 1 heterocycles. The van der Waals surface area contributed by atoms with Crippen molar-refractivity contribution in [1.82, 2.24) is 0 Å². The molecular formula is C21H20N2O6S. The van der Waals surface area contributed by atoms with Crippen LogP contribution in [0.5, 0.6) is 5.75 Å². The fraction of sp³-hybridized carbons (Fsp3) is 0.238. The number of anilines is 1. The molecular weight excluding hydrogens is 408 g/mol. The monoisotopic (exact) mass is 428 g/mol. The van der Waals surface area contributed by atoms with Gasteiger partial charge in [-0.2, -0.15) is 5.26 Å². The molecule has 9 heteroatoms. The summed E-state index contributed by atoms with van der Waals surface area (Å²) in [7, 11) is 0. The first-order valence-electron chi connectivity index (χ1n) is 8.92. The van der Waals surface area contributed by atoms with Gasteiger partial charge in [-0.05, 0) is 38.5 Å². The van der Waals surface area contributed by atoms with Gasteiger partial charge in [-0.15, -0.1) is 11.3 Å². The minimum absolute atomic E-state index is 0.191. The molecule has 0 atom stereocenters. The summed E-state index contributed by atoms with van der Waals surface area (Å²) < 4.78 is 10.3. The van der Waals surface area contributed by atoms with E-state index >= 15 is 0 Å². The van der Waals surface area contributed by atoms with E-state index in [9.17, 15) is 19.6 Å². The summed E-state index contributed by atoms with van der Waals surface area (Å²) in [5.74, 6) is -2.20. The highest BCUT2D eigenvalue weighted by Gasteiger charge is 2.23. The van der Waals surface area contributed by atoms with Crippen LogP contribution in [0, 0.1) is 25.2 Å². The van der Waals surface area contributed by atoms with E-state index in [-0.39, 0.29) is 23.5 Å². The predicted octanol–water partition coefficient (Wildman–Crippen LogP) is 3.55. The van der Waals surface area contributed by atoms with Gasteiger partial charge in [0.1, 0.15) is 22.4 Å². The van der Waals surface area contributed by atoms with Crippen molar-refractivity contribution in [2.75, 3.05) is 18.5 Å². The first kappa shape index (κ1) is 22.6. The van der Waals surface area contributed by atoms with E-state index in [4.69, 9.17) is 14.6 Å². The van der Waals surface area contributed by atoms with Crippen molar-refractivity contribution in [1.29, 1.82) is 5.26 Å². The Morgan fingerprint density at radius 3 is 2.60 bits per heavy atom. The average Bonchev–Trinajstić information content (AvgIpc) is 2.98. The molecule has 2 N–H and O–H groups in total. The second-order valence-electron chi connectivity index (χ2n) is 6.05. The average molecular weight is 428 g/mol. The number of carbonyl (C=O) groups excluding carboxylic acids is 2. The van der Waals surface area contributed by atoms with E-state index in [1.54, 1.807) is 32.0 Å². The fourth-order valence-electron chi connectivity index (χ4n) is 2.51. The highest BCUT2D eigenvalue weighted by Crippen LogP contribution is 2.33. The molecule has 0 aliphatic heterocycles. The Morgan fingerprint density at radius 1 is 1.27 bits per heavy atom. The zero-order chi connectivity index (χ0) is 22.3. The molecule has 0 saturated heterocycles. The number of nitriles is 1. The van der Waals surface area contributed by atoms with E-state index < -0.39 is 24.5 Å². The molecule has 1 aromatic carbocycles. The van der Waals surface area contributed by atoms with Gasteiger partial charge in [-0.25, -0.2) is 9.59 Å². The molecule has 0 bridgehead atoms. The largest absolute Gasteiger partial charge is 0.481 e. The SMILES string of the molecule is CCOC(=O)c1c(NC(=O)/C(C#N)=C/c2ccccc2OCC(=O)O)sc(C)c1C. The third-order valence-electron chi connectivity index (χ3n) is 4.03. The standard InChI is InChI=1S/C21H20N2O6S/c1-4-28-21(27)18-12(2)13(3)30-20(18)23-19(26)15(10-22)9-14-7-5-6-8-16(14)29-11-17(24)25/h5-9H,4,11H2,1-3H3,(H,23,26)(H,24,25)/b15-9+. The van der Waals surface area contributed by atoms with Crippen molar-refractivity contribution < 1.29 is 29.0 Å². The number of ether oxygens (including phenoxy) is 2. The molecule has 0 fully saturated rings. The number of thiophene rings is 1. The number of carbonyl (C=O) groups is 3. The van der Waals surface area contributed by atoms with Gasteiger partial charge in [-0.3, -0.25) is 4.79 Å². The Morgan fingerprint density at radius 2 is 1.97 bits per heavy atom. The second kappa shape index (κ2) is 10.2. The smallest absolute Gasteiger partial charge is 0.341 e. The van der Waals surface area contributed by atoms with Crippen molar-refractivity contribution in [3.63, 3.8) is 0 Å². The fourth-order valence-corrected chi connectivity index (χ4v) is 3.55. The summed E-state index contributed by atoms with van der Waals surface area (Å²) in [5.41, 5.74) is 1.09. The second-order valence-corrected chi connectivity index (χ2v) is 7.28. The minimum atomic E-state index is -1.15. The van der Waals surface area contributed by atoms with Crippen LogP contribution in [0.4, 0.5) is 5.00 Å². The molecule has 30 heavy (non-hydrogen) atoms. The minimum Gasteiger partial charge on any atom is -0.481 e. The Balaban J connectivity index is 2.33. The van der Waals surface area contributed by atoms with Crippen molar-refractivity contribution in [3.05, 3.63) is 51.4 Å². The number of carboxylic acid groups (broad SMARTS) is 1. The number of hydrogen-bond donors (Lipinski definition) is 2. The number of esters is 1. The highest BCUT2D eigenvalue weighted by atomic mass is 32.1. The summed E-state index contributed by atoms with van der Waals surface area (Å²) in [5, 5.41) is 21.2. The molecule has 156 valence electrons. The molecule has 2 aromatic rings. The van der Waals surface area contributed by atoms with Gasteiger partial charge in [0.2, 0.25) is 0 Å². The topological polar surface area (TPSA) is 126 Å². The van der Waals surface area contributed by atoms with E-state index in [0.717, 1.165) is 4.88 Å². The number of nitrogens with one attached hydrogen (secondary N) is 1. The molecule has 1 amide bonds. The molecule has 0 spiro atoms. The highest BCUT2D eigenvalue weighted by molar-refractivity contribution is 7.16. The van der Waals surface area contributed by atoms with E-state index in [2.05, 4.69) is 5.32 Å². The quantitative estimate of drug-likeness (QED) is 0.374. The molecule has 8 nitrogen and oxygen atoms in total.